The lowest BCUT2D eigenvalue weighted by Crippen LogP contribution is -2.31. The van der Waals surface area contributed by atoms with Gasteiger partial charge in [-0.15, -0.1) is 0 Å². The van der Waals surface area contributed by atoms with Gasteiger partial charge in [0.25, 0.3) is 0 Å². The highest BCUT2D eigenvalue weighted by atomic mass is 15.3. The lowest BCUT2D eigenvalue weighted by atomic mass is 10.1. The SMILES string of the molecule is Cc1ccc(CNc2cc(C)nc(N3CCCCC3)n2)cc1. The van der Waals surface area contributed by atoms with Crippen molar-refractivity contribution in [3.8, 4) is 0 Å². The van der Waals surface area contributed by atoms with E-state index in [4.69, 9.17) is 4.98 Å². The first-order valence-electron chi connectivity index (χ1n) is 8.11. The lowest BCUT2D eigenvalue weighted by Gasteiger charge is -2.27. The van der Waals surface area contributed by atoms with Crippen molar-refractivity contribution in [3.05, 3.63) is 47.2 Å². The van der Waals surface area contributed by atoms with Crippen LogP contribution in [0.15, 0.2) is 30.3 Å². The van der Waals surface area contributed by atoms with Gasteiger partial charge in [-0.05, 0) is 38.7 Å². The number of aromatic nitrogens is 2. The minimum atomic E-state index is 0.788. The predicted molar refractivity (Wildman–Crippen MR) is 91.3 cm³/mol. The van der Waals surface area contributed by atoms with Gasteiger partial charge in [-0.3, -0.25) is 0 Å². The minimum absolute atomic E-state index is 0.788. The molecule has 0 radical (unpaired) electrons. The molecule has 116 valence electrons. The summed E-state index contributed by atoms with van der Waals surface area (Å²) < 4.78 is 0. The van der Waals surface area contributed by atoms with E-state index in [1.807, 2.05) is 13.0 Å². The molecule has 4 heteroatoms. The summed E-state index contributed by atoms with van der Waals surface area (Å²) in [7, 11) is 0. The van der Waals surface area contributed by atoms with E-state index in [0.29, 0.717) is 0 Å². The van der Waals surface area contributed by atoms with Crippen molar-refractivity contribution < 1.29 is 0 Å². The third-order valence-corrected chi connectivity index (χ3v) is 4.08. The van der Waals surface area contributed by atoms with Gasteiger partial charge < -0.3 is 10.2 Å². The third kappa shape index (κ3) is 3.75. The second kappa shape index (κ2) is 6.77. The van der Waals surface area contributed by atoms with E-state index in [9.17, 15) is 0 Å². The molecule has 22 heavy (non-hydrogen) atoms. The Morgan fingerprint density at radius 1 is 1.00 bits per heavy atom. The molecule has 1 aromatic carbocycles. The first-order valence-corrected chi connectivity index (χ1v) is 8.11. The minimum Gasteiger partial charge on any atom is -0.366 e. The van der Waals surface area contributed by atoms with E-state index in [1.54, 1.807) is 0 Å². The van der Waals surface area contributed by atoms with E-state index in [-0.39, 0.29) is 0 Å². The van der Waals surface area contributed by atoms with Gasteiger partial charge in [-0.25, -0.2) is 4.98 Å². The highest BCUT2D eigenvalue weighted by Gasteiger charge is 2.14. The first-order chi connectivity index (χ1) is 10.7. The summed E-state index contributed by atoms with van der Waals surface area (Å²) >= 11 is 0. The number of piperidine rings is 1. The molecule has 1 aliphatic heterocycles. The zero-order valence-corrected chi connectivity index (χ0v) is 13.5. The number of hydrogen-bond donors (Lipinski definition) is 1. The van der Waals surface area contributed by atoms with Crippen molar-refractivity contribution in [1.29, 1.82) is 0 Å². The summed E-state index contributed by atoms with van der Waals surface area (Å²) in [5.41, 5.74) is 3.57. The van der Waals surface area contributed by atoms with Crippen LogP contribution in [0, 0.1) is 13.8 Å². The van der Waals surface area contributed by atoms with Crippen LogP contribution in [0.4, 0.5) is 11.8 Å². The van der Waals surface area contributed by atoms with Crippen LogP contribution in [0.5, 0.6) is 0 Å². The molecule has 0 bridgehead atoms. The second-order valence-corrected chi connectivity index (χ2v) is 6.08. The van der Waals surface area contributed by atoms with Crippen LogP contribution in [-0.4, -0.2) is 23.1 Å². The molecule has 0 atom stereocenters. The normalized spacial score (nSPS) is 14.9. The van der Waals surface area contributed by atoms with Crippen LogP contribution in [0.25, 0.3) is 0 Å². The van der Waals surface area contributed by atoms with Crippen molar-refractivity contribution >= 4 is 11.8 Å². The number of aryl methyl sites for hydroxylation is 2. The molecule has 0 aliphatic carbocycles. The highest BCUT2D eigenvalue weighted by molar-refractivity contribution is 5.44. The van der Waals surface area contributed by atoms with Gasteiger partial charge in [0.15, 0.2) is 0 Å². The molecule has 3 rings (SSSR count). The summed E-state index contributed by atoms with van der Waals surface area (Å²) in [5.74, 6) is 1.78. The summed E-state index contributed by atoms with van der Waals surface area (Å²) in [6.45, 7) is 7.07. The molecular weight excluding hydrogens is 272 g/mol. The van der Waals surface area contributed by atoms with Crippen LogP contribution in [-0.2, 0) is 6.54 Å². The maximum absolute atomic E-state index is 4.69. The van der Waals surface area contributed by atoms with Crippen LogP contribution < -0.4 is 10.2 Å². The molecule has 0 saturated carbocycles. The predicted octanol–water partition coefficient (Wildman–Crippen LogP) is 3.70. The third-order valence-electron chi connectivity index (χ3n) is 4.08. The van der Waals surface area contributed by atoms with Gasteiger partial charge in [0.2, 0.25) is 5.95 Å². The number of nitrogens with one attached hydrogen (secondary N) is 1. The Balaban J connectivity index is 1.70. The van der Waals surface area contributed by atoms with Gasteiger partial charge in [0.1, 0.15) is 5.82 Å². The van der Waals surface area contributed by atoms with E-state index in [0.717, 1.165) is 37.1 Å². The number of anilines is 2. The lowest BCUT2D eigenvalue weighted by molar-refractivity contribution is 0.568. The Morgan fingerprint density at radius 2 is 1.73 bits per heavy atom. The summed E-state index contributed by atoms with van der Waals surface area (Å²) in [4.78, 5) is 11.6. The van der Waals surface area contributed by atoms with Crippen molar-refractivity contribution in [3.63, 3.8) is 0 Å². The van der Waals surface area contributed by atoms with E-state index in [2.05, 4.69) is 46.4 Å². The van der Waals surface area contributed by atoms with Crippen LogP contribution >= 0.6 is 0 Å². The van der Waals surface area contributed by atoms with Crippen molar-refractivity contribution in [2.45, 2.75) is 39.7 Å². The maximum atomic E-state index is 4.69. The molecular formula is C18H24N4. The van der Waals surface area contributed by atoms with E-state index < -0.39 is 0 Å². The molecule has 1 fully saturated rings. The fraction of sp³-hybridized carbons (Fsp3) is 0.444. The Morgan fingerprint density at radius 3 is 2.45 bits per heavy atom. The Labute approximate surface area is 132 Å². The Hall–Kier alpha value is -2.10. The van der Waals surface area contributed by atoms with Gasteiger partial charge in [-0.1, -0.05) is 29.8 Å². The van der Waals surface area contributed by atoms with Crippen molar-refractivity contribution in [2.24, 2.45) is 0 Å². The standard InChI is InChI=1S/C18H24N4/c1-14-6-8-16(9-7-14)13-19-17-12-15(2)20-18(21-17)22-10-4-3-5-11-22/h6-9,12H,3-5,10-11,13H2,1-2H3,(H,19,20,21). The van der Waals surface area contributed by atoms with Gasteiger partial charge >= 0.3 is 0 Å². The smallest absolute Gasteiger partial charge is 0.227 e. The average molecular weight is 296 g/mol. The van der Waals surface area contributed by atoms with Crippen molar-refractivity contribution in [1.82, 2.24) is 9.97 Å². The number of hydrogen-bond acceptors (Lipinski definition) is 4. The van der Waals surface area contributed by atoms with E-state index >= 15 is 0 Å². The molecule has 1 aromatic heterocycles. The van der Waals surface area contributed by atoms with Crippen LogP contribution in [0.1, 0.15) is 36.1 Å². The zero-order valence-electron chi connectivity index (χ0n) is 13.5. The summed E-state index contributed by atoms with van der Waals surface area (Å²) in [6, 6.07) is 10.6. The molecule has 0 amide bonds. The van der Waals surface area contributed by atoms with Gasteiger partial charge in [0.05, 0.1) is 0 Å². The molecule has 1 N–H and O–H groups in total. The number of rotatable bonds is 4. The zero-order chi connectivity index (χ0) is 15.4. The topological polar surface area (TPSA) is 41.1 Å². The maximum Gasteiger partial charge on any atom is 0.227 e. The molecule has 2 aromatic rings. The molecule has 0 spiro atoms. The summed E-state index contributed by atoms with van der Waals surface area (Å²) in [5, 5.41) is 3.42. The second-order valence-electron chi connectivity index (χ2n) is 6.08. The molecule has 1 saturated heterocycles. The van der Waals surface area contributed by atoms with Crippen LogP contribution in [0.3, 0.4) is 0 Å². The molecule has 0 unspecified atom stereocenters. The number of nitrogens with zero attached hydrogens (tertiary/aromatic N) is 3. The van der Waals surface area contributed by atoms with Crippen LogP contribution in [0.2, 0.25) is 0 Å². The Kier molecular flexibility index (Phi) is 4.56. The molecule has 1 aliphatic rings. The largest absolute Gasteiger partial charge is 0.366 e. The first kappa shape index (κ1) is 14.8. The van der Waals surface area contributed by atoms with Crippen molar-refractivity contribution in [2.75, 3.05) is 23.3 Å². The van der Waals surface area contributed by atoms with Gasteiger partial charge in [0, 0.05) is 31.4 Å². The molecule has 4 nitrogen and oxygen atoms in total. The highest BCUT2D eigenvalue weighted by Crippen LogP contribution is 2.18. The fourth-order valence-electron chi connectivity index (χ4n) is 2.78. The summed E-state index contributed by atoms with van der Waals surface area (Å²) in [6.07, 6.45) is 3.80. The Bertz CT molecular complexity index is 615. The number of benzene rings is 1. The average Bonchev–Trinajstić information content (AvgIpc) is 2.55. The van der Waals surface area contributed by atoms with E-state index in [1.165, 1.54) is 30.4 Å². The fourth-order valence-corrected chi connectivity index (χ4v) is 2.78. The molecule has 2 heterocycles. The van der Waals surface area contributed by atoms with Gasteiger partial charge in [-0.2, -0.15) is 4.98 Å². The monoisotopic (exact) mass is 296 g/mol. The quantitative estimate of drug-likeness (QED) is 0.934.